The topological polar surface area (TPSA) is 98.0 Å². The number of carbonyl (C=O) groups is 1. The first kappa shape index (κ1) is 23.3. The SMILES string of the molecule is CC/C=C\C/C=C\C/C=C\C[C@H]1[C@@H](/C=C/[C@H](O)CCC(=O)O)[C@H](O)C[C@@H]1O. The molecule has 27 heavy (non-hydrogen) atoms. The van der Waals surface area contributed by atoms with E-state index in [2.05, 4.69) is 37.3 Å². The number of carboxylic acids is 1. The van der Waals surface area contributed by atoms with E-state index >= 15 is 0 Å². The minimum absolute atomic E-state index is 0.101. The Kier molecular flexibility index (Phi) is 11.7. The molecule has 5 atom stereocenters. The maximum atomic E-state index is 10.5. The third kappa shape index (κ3) is 9.70. The van der Waals surface area contributed by atoms with Gasteiger partial charge in [-0.2, -0.15) is 0 Å². The van der Waals surface area contributed by atoms with E-state index in [4.69, 9.17) is 5.11 Å². The summed E-state index contributed by atoms with van der Waals surface area (Å²) in [6.07, 6.45) is 17.6. The fourth-order valence-electron chi connectivity index (χ4n) is 3.29. The Morgan fingerprint density at radius 2 is 1.67 bits per heavy atom. The number of rotatable bonds is 12. The van der Waals surface area contributed by atoms with Crippen molar-refractivity contribution >= 4 is 5.97 Å². The molecule has 1 aliphatic rings. The lowest BCUT2D eigenvalue weighted by Crippen LogP contribution is -2.20. The van der Waals surface area contributed by atoms with Gasteiger partial charge in [-0.15, -0.1) is 0 Å². The maximum absolute atomic E-state index is 10.5. The lowest BCUT2D eigenvalue weighted by atomic mass is 9.89. The molecule has 0 aromatic carbocycles. The van der Waals surface area contributed by atoms with E-state index in [1.165, 1.54) is 6.08 Å². The molecule has 0 aliphatic heterocycles. The molecule has 0 aromatic rings. The van der Waals surface area contributed by atoms with Crippen LogP contribution < -0.4 is 0 Å². The fourth-order valence-corrected chi connectivity index (χ4v) is 3.29. The normalized spacial score (nSPS) is 27.6. The fraction of sp³-hybridized carbons (Fsp3) is 0.591. The molecule has 0 bridgehead atoms. The Bertz CT molecular complexity index is 535. The molecule has 0 aromatic heterocycles. The largest absolute Gasteiger partial charge is 0.481 e. The Morgan fingerprint density at radius 3 is 2.30 bits per heavy atom. The molecule has 0 spiro atoms. The van der Waals surface area contributed by atoms with Gasteiger partial charge in [-0.25, -0.2) is 0 Å². The van der Waals surface area contributed by atoms with Gasteiger partial charge in [0.25, 0.3) is 0 Å². The van der Waals surface area contributed by atoms with E-state index in [0.717, 1.165) is 19.3 Å². The van der Waals surface area contributed by atoms with E-state index in [0.29, 0.717) is 12.8 Å². The molecule has 0 heterocycles. The first-order chi connectivity index (χ1) is 13.0. The van der Waals surface area contributed by atoms with Crippen LogP contribution in [0.3, 0.4) is 0 Å². The van der Waals surface area contributed by atoms with E-state index < -0.39 is 24.3 Å². The summed E-state index contributed by atoms with van der Waals surface area (Å²) in [5.74, 6) is -1.29. The molecule has 5 heteroatoms. The summed E-state index contributed by atoms with van der Waals surface area (Å²) >= 11 is 0. The number of carboxylic acid groups (broad SMARTS) is 1. The summed E-state index contributed by atoms with van der Waals surface area (Å²) < 4.78 is 0. The van der Waals surface area contributed by atoms with Crippen LogP contribution in [0.1, 0.15) is 51.9 Å². The molecule has 1 saturated carbocycles. The zero-order valence-corrected chi connectivity index (χ0v) is 16.2. The van der Waals surface area contributed by atoms with Crippen molar-refractivity contribution in [2.24, 2.45) is 11.8 Å². The van der Waals surface area contributed by atoms with Crippen molar-refractivity contribution in [3.05, 3.63) is 48.6 Å². The van der Waals surface area contributed by atoms with E-state index in [9.17, 15) is 20.1 Å². The number of allylic oxidation sites excluding steroid dienone is 6. The molecule has 0 unspecified atom stereocenters. The highest BCUT2D eigenvalue weighted by molar-refractivity contribution is 5.66. The summed E-state index contributed by atoms with van der Waals surface area (Å²) in [5, 5.41) is 38.9. The third-order valence-electron chi connectivity index (χ3n) is 4.81. The van der Waals surface area contributed by atoms with Crippen LogP contribution in [-0.2, 0) is 4.79 Å². The van der Waals surface area contributed by atoms with Crippen molar-refractivity contribution < 1.29 is 25.2 Å². The van der Waals surface area contributed by atoms with Gasteiger partial charge in [0, 0.05) is 18.8 Å². The Morgan fingerprint density at radius 1 is 1.04 bits per heavy atom. The van der Waals surface area contributed by atoms with Crippen LogP contribution in [0.5, 0.6) is 0 Å². The van der Waals surface area contributed by atoms with Crippen molar-refractivity contribution in [1.29, 1.82) is 0 Å². The lowest BCUT2D eigenvalue weighted by molar-refractivity contribution is -0.137. The van der Waals surface area contributed by atoms with Crippen molar-refractivity contribution in [1.82, 2.24) is 0 Å². The molecule has 0 saturated heterocycles. The molecule has 152 valence electrons. The van der Waals surface area contributed by atoms with Crippen LogP contribution in [0.4, 0.5) is 0 Å². The van der Waals surface area contributed by atoms with Crippen molar-refractivity contribution in [3.8, 4) is 0 Å². The second kappa shape index (κ2) is 13.5. The Hall–Kier alpha value is -1.69. The van der Waals surface area contributed by atoms with E-state index in [1.54, 1.807) is 6.08 Å². The number of aliphatic carboxylic acids is 1. The summed E-state index contributed by atoms with van der Waals surface area (Å²) in [6.45, 7) is 2.11. The highest BCUT2D eigenvalue weighted by Crippen LogP contribution is 2.36. The average Bonchev–Trinajstić information content (AvgIpc) is 2.89. The summed E-state index contributed by atoms with van der Waals surface area (Å²) in [5.41, 5.74) is 0. The molecule has 1 fully saturated rings. The first-order valence-electron chi connectivity index (χ1n) is 9.85. The number of hydrogen-bond acceptors (Lipinski definition) is 4. The number of aliphatic hydroxyl groups is 3. The van der Waals surface area contributed by atoms with Crippen LogP contribution in [0.15, 0.2) is 48.6 Å². The van der Waals surface area contributed by atoms with Crippen LogP contribution in [-0.4, -0.2) is 44.7 Å². The third-order valence-corrected chi connectivity index (χ3v) is 4.81. The predicted molar refractivity (Wildman–Crippen MR) is 107 cm³/mol. The van der Waals surface area contributed by atoms with Crippen molar-refractivity contribution in [2.75, 3.05) is 0 Å². The monoisotopic (exact) mass is 378 g/mol. The highest BCUT2D eigenvalue weighted by atomic mass is 16.4. The zero-order chi connectivity index (χ0) is 20.1. The van der Waals surface area contributed by atoms with Crippen molar-refractivity contribution in [3.63, 3.8) is 0 Å². The standard InChI is InChI=1S/C22H34O5/c1-2-3-4-5-6-7-8-9-10-11-18-19(21(25)16-20(18)24)14-12-17(23)13-15-22(26)27/h3-4,6-7,9-10,12,14,17-21,23-25H,2,5,8,11,13,15-16H2,1H3,(H,26,27)/b4-3-,7-6-,10-9-,14-12+/t17-,18-,19+,20-,21+/m0/s1. The molecule has 1 aliphatic carbocycles. The predicted octanol–water partition coefficient (Wildman–Crippen LogP) is 3.38. The minimum atomic E-state index is -0.947. The Balaban J connectivity index is 2.47. The average molecular weight is 379 g/mol. The molecule has 0 amide bonds. The first-order valence-corrected chi connectivity index (χ1v) is 9.85. The van der Waals surface area contributed by atoms with E-state index in [1.807, 2.05) is 6.08 Å². The van der Waals surface area contributed by atoms with Gasteiger partial charge in [-0.05, 0) is 38.0 Å². The van der Waals surface area contributed by atoms with Gasteiger partial charge >= 0.3 is 5.97 Å². The highest BCUT2D eigenvalue weighted by Gasteiger charge is 2.39. The van der Waals surface area contributed by atoms with Crippen LogP contribution in [0, 0.1) is 11.8 Å². The van der Waals surface area contributed by atoms with Crippen LogP contribution in [0.25, 0.3) is 0 Å². The number of aliphatic hydroxyl groups excluding tert-OH is 3. The quantitative estimate of drug-likeness (QED) is 0.390. The van der Waals surface area contributed by atoms with Crippen molar-refractivity contribution in [2.45, 2.75) is 70.2 Å². The maximum Gasteiger partial charge on any atom is 0.303 e. The van der Waals surface area contributed by atoms with Gasteiger partial charge in [-0.1, -0.05) is 55.5 Å². The molecular weight excluding hydrogens is 344 g/mol. The second-order valence-corrected chi connectivity index (χ2v) is 7.03. The second-order valence-electron chi connectivity index (χ2n) is 7.03. The van der Waals surface area contributed by atoms with Gasteiger partial charge < -0.3 is 20.4 Å². The zero-order valence-electron chi connectivity index (χ0n) is 16.2. The molecule has 4 N–H and O–H groups in total. The van der Waals surface area contributed by atoms with Crippen LogP contribution >= 0.6 is 0 Å². The molecular formula is C22H34O5. The summed E-state index contributed by atoms with van der Waals surface area (Å²) in [4.78, 5) is 10.5. The lowest BCUT2D eigenvalue weighted by Gasteiger charge is -2.19. The molecule has 1 rings (SSSR count). The van der Waals surface area contributed by atoms with Gasteiger partial charge in [0.05, 0.1) is 18.3 Å². The smallest absolute Gasteiger partial charge is 0.303 e. The summed E-state index contributed by atoms with van der Waals surface area (Å²) in [7, 11) is 0. The van der Waals surface area contributed by atoms with Gasteiger partial charge in [0.15, 0.2) is 0 Å². The van der Waals surface area contributed by atoms with Crippen LogP contribution in [0.2, 0.25) is 0 Å². The Labute approximate surface area is 162 Å². The molecule has 0 radical (unpaired) electrons. The number of hydrogen-bond donors (Lipinski definition) is 4. The minimum Gasteiger partial charge on any atom is -0.481 e. The molecule has 5 nitrogen and oxygen atoms in total. The van der Waals surface area contributed by atoms with Gasteiger partial charge in [-0.3, -0.25) is 4.79 Å². The van der Waals surface area contributed by atoms with E-state index in [-0.39, 0.29) is 24.7 Å². The summed E-state index contributed by atoms with van der Waals surface area (Å²) in [6, 6.07) is 0. The van der Waals surface area contributed by atoms with Gasteiger partial charge in [0.2, 0.25) is 0 Å². The van der Waals surface area contributed by atoms with Gasteiger partial charge in [0.1, 0.15) is 0 Å².